The van der Waals surface area contributed by atoms with Gasteiger partial charge in [0.15, 0.2) is 0 Å². The number of carbonyl (C=O) groups is 1. The Morgan fingerprint density at radius 2 is 2.00 bits per heavy atom. The second-order valence-corrected chi connectivity index (χ2v) is 9.16. The maximum absolute atomic E-state index is 11.4. The lowest BCUT2D eigenvalue weighted by molar-refractivity contribution is -0.141. The number of hydrogen-bond acceptors (Lipinski definition) is 2. The lowest BCUT2D eigenvalue weighted by Gasteiger charge is -2.08. The first-order valence-corrected chi connectivity index (χ1v) is 8.14. The summed E-state index contributed by atoms with van der Waals surface area (Å²) in [4.78, 5) is 11.2. The number of ether oxygens (including phenoxy) is 1. The van der Waals surface area contributed by atoms with Gasteiger partial charge in [-0.2, -0.15) is 0 Å². The van der Waals surface area contributed by atoms with Gasteiger partial charge >= 0.3 is 5.97 Å². The van der Waals surface area contributed by atoms with Crippen molar-refractivity contribution in [3.05, 3.63) is 5.17 Å². The molecule has 0 bridgehead atoms. The second-order valence-electron chi connectivity index (χ2n) is 2.53. The normalized spacial score (nSPS) is 12.1. The van der Waals surface area contributed by atoms with Crippen molar-refractivity contribution < 1.29 is 9.53 Å². The predicted octanol–water partition coefficient (Wildman–Crippen LogP) is 4.57. The Balaban J connectivity index is 3.91. The zero-order chi connectivity index (χ0) is 11.1. The van der Waals surface area contributed by atoms with Gasteiger partial charge in [0.05, 0.1) is 1.59 Å². The largest absolute Gasteiger partial charge is 0.459 e. The molecule has 0 saturated heterocycles. The number of rotatable bonds is 5. The summed E-state index contributed by atoms with van der Waals surface area (Å²) >= 11 is 9.89. The summed E-state index contributed by atoms with van der Waals surface area (Å²) in [5.74, 6) is -0.171. The van der Waals surface area contributed by atoms with Crippen LogP contribution in [-0.4, -0.2) is 17.4 Å². The van der Waals surface area contributed by atoms with E-state index in [0.29, 0.717) is 6.61 Å². The van der Waals surface area contributed by atoms with E-state index in [0.717, 1.165) is 18.0 Å². The van der Waals surface area contributed by atoms with Crippen molar-refractivity contribution >= 4 is 89.7 Å². The van der Waals surface area contributed by atoms with Crippen LogP contribution >= 0.6 is 83.7 Å². The fourth-order valence-corrected chi connectivity index (χ4v) is 1.71. The molecule has 0 N–H and O–H groups in total. The molecule has 82 valence electrons. The highest BCUT2D eigenvalue weighted by molar-refractivity contribution is 14.2. The molecule has 0 fully saturated rings. The molecule has 1 atom stereocenters. The van der Waals surface area contributed by atoms with Gasteiger partial charge in [-0.05, 0) is 74.2 Å². The van der Waals surface area contributed by atoms with Crippen LogP contribution in [0.1, 0.15) is 19.8 Å². The number of halogens is 4. The van der Waals surface area contributed by atoms with Crippen LogP contribution in [0.25, 0.3) is 0 Å². The van der Waals surface area contributed by atoms with E-state index in [1.165, 1.54) is 0 Å². The molecule has 0 saturated carbocycles. The fourth-order valence-electron chi connectivity index (χ4n) is 0.651. The van der Waals surface area contributed by atoms with Crippen molar-refractivity contribution in [2.75, 3.05) is 6.61 Å². The third-order valence-electron chi connectivity index (χ3n) is 1.34. The summed E-state index contributed by atoms with van der Waals surface area (Å²) < 4.78 is 7.32. The minimum atomic E-state index is -0.171. The van der Waals surface area contributed by atoms with Crippen LogP contribution in [0.3, 0.4) is 0 Å². The van der Waals surface area contributed by atoms with E-state index in [4.69, 9.17) is 4.74 Å². The number of hydrogen-bond donors (Lipinski definition) is 0. The summed E-state index contributed by atoms with van der Waals surface area (Å²) in [5, 5.41) is 0. The van der Waals surface area contributed by atoms with Gasteiger partial charge in [0.2, 0.25) is 0 Å². The third kappa shape index (κ3) is 7.20. The molecule has 6 heteroatoms. The smallest absolute Gasteiger partial charge is 0.320 e. The molecule has 0 spiro atoms. The van der Waals surface area contributed by atoms with Crippen LogP contribution in [0.2, 0.25) is 0 Å². The molecule has 1 unspecified atom stereocenters. The zero-order valence-electron chi connectivity index (χ0n) is 7.53. The minimum Gasteiger partial charge on any atom is -0.459 e. The number of esters is 1. The molecule has 0 aliphatic carbocycles. The molecule has 0 aliphatic heterocycles. The standard InChI is InChI=1S/C8H10BrI3O2/c1-2-3-5(9)8(13)14-4-6(10)7(11)12/h5H,2-4H2,1H3. The highest BCUT2D eigenvalue weighted by atomic mass is 127. The van der Waals surface area contributed by atoms with Crippen molar-refractivity contribution in [3.63, 3.8) is 0 Å². The van der Waals surface area contributed by atoms with Crippen LogP contribution < -0.4 is 0 Å². The molecular formula is C8H10BrI3O2. The molecule has 0 rings (SSSR count). The Labute approximate surface area is 134 Å². The molecule has 14 heavy (non-hydrogen) atoms. The molecule has 0 heterocycles. The molecular weight excluding hydrogens is 589 g/mol. The third-order valence-corrected chi connectivity index (χ3v) is 6.39. The monoisotopic (exact) mass is 598 g/mol. The number of alkyl halides is 1. The van der Waals surface area contributed by atoms with E-state index in [2.05, 4.69) is 83.7 Å². The molecule has 0 amide bonds. The highest BCUT2D eigenvalue weighted by Gasteiger charge is 2.15. The molecule has 0 aromatic rings. The van der Waals surface area contributed by atoms with Crippen LogP contribution in [0.15, 0.2) is 5.17 Å². The van der Waals surface area contributed by atoms with Crippen LogP contribution in [0.4, 0.5) is 0 Å². The summed E-state index contributed by atoms with van der Waals surface area (Å²) in [7, 11) is 0. The molecule has 0 aromatic carbocycles. The van der Waals surface area contributed by atoms with E-state index in [-0.39, 0.29) is 10.8 Å². The van der Waals surface area contributed by atoms with Crippen molar-refractivity contribution in [1.29, 1.82) is 0 Å². The summed E-state index contributed by atoms with van der Waals surface area (Å²) in [6.07, 6.45) is 1.79. The van der Waals surface area contributed by atoms with Crippen molar-refractivity contribution in [2.24, 2.45) is 0 Å². The van der Waals surface area contributed by atoms with Gasteiger partial charge in [-0.25, -0.2) is 0 Å². The molecule has 0 aromatic heterocycles. The lowest BCUT2D eigenvalue weighted by Crippen LogP contribution is -2.17. The Bertz CT molecular complexity index is 227. The van der Waals surface area contributed by atoms with E-state index >= 15 is 0 Å². The average molecular weight is 599 g/mol. The molecule has 0 radical (unpaired) electrons. The maximum atomic E-state index is 11.4. The first kappa shape index (κ1) is 15.9. The Kier molecular flexibility index (Phi) is 10.2. The van der Waals surface area contributed by atoms with E-state index in [1.807, 2.05) is 6.92 Å². The highest BCUT2D eigenvalue weighted by Crippen LogP contribution is 2.25. The summed E-state index contributed by atoms with van der Waals surface area (Å²) in [6.45, 7) is 2.42. The van der Waals surface area contributed by atoms with Gasteiger partial charge in [-0.15, -0.1) is 0 Å². The minimum absolute atomic E-state index is 0.163. The number of carbonyl (C=O) groups excluding carboxylic acids is 1. The predicted molar refractivity (Wildman–Crippen MR) is 87.7 cm³/mol. The van der Waals surface area contributed by atoms with Crippen LogP contribution in [0.5, 0.6) is 0 Å². The maximum Gasteiger partial charge on any atom is 0.320 e. The van der Waals surface area contributed by atoms with Gasteiger partial charge in [-0.3, -0.25) is 4.79 Å². The van der Waals surface area contributed by atoms with Crippen molar-refractivity contribution in [1.82, 2.24) is 0 Å². The van der Waals surface area contributed by atoms with Crippen molar-refractivity contribution in [2.45, 2.75) is 24.6 Å². The van der Waals surface area contributed by atoms with E-state index in [1.54, 1.807) is 0 Å². The topological polar surface area (TPSA) is 26.3 Å². The van der Waals surface area contributed by atoms with Gasteiger partial charge in [0.25, 0.3) is 0 Å². The Morgan fingerprint density at radius 1 is 1.43 bits per heavy atom. The Hall–Kier alpha value is 1.88. The zero-order valence-corrected chi connectivity index (χ0v) is 15.6. The summed E-state index contributed by atoms with van der Waals surface area (Å²) in [6, 6.07) is 0. The van der Waals surface area contributed by atoms with E-state index in [9.17, 15) is 4.79 Å². The van der Waals surface area contributed by atoms with Gasteiger partial charge in [-0.1, -0.05) is 29.3 Å². The average Bonchev–Trinajstić information content (AvgIpc) is 2.13. The van der Waals surface area contributed by atoms with Crippen LogP contribution in [0, 0.1) is 0 Å². The summed E-state index contributed by atoms with van der Waals surface area (Å²) in [5.41, 5.74) is 0. The van der Waals surface area contributed by atoms with Gasteiger partial charge < -0.3 is 4.74 Å². The Morgan fingerprint density at radius 3 is 2.43 bits per heavy atom. The van der Waals surface area contributed by atoms with Crippen molar-refractivity contribution in [3.8, 4) is 0 Å². The quantitative estimate of drug-likeness (QED) is 0.264. The van der Waals surface area contributed by atoms with Gasteiger partial charge in [0.1, 0.15) is 11.4 Å². The van der Waals surface area contributed by atoms with E-state index < -0.39 is 0 Å². The molecule has 0 aliphatic rings. The van der Waals surface area contributed by atoms with Crippen LogP contribution in [-0.2, 0) is 9.53 Å². The SMILES string of the molecule is CCCC(Br)C(=O)OCC(I)=C(I)I. The second kappa shape index (κ2) is 8.97. The fraction of sp³-hybridized carbons (Fsp3) is 0.625. The molecule has 2 nitrogen and oxygen atoms in total. The first-order chi connectivity index (χ1) is 6.49. The van der Waals surface area contributed by atoms with Gasteiger partial charge in [0, 0.05) is 3.58 Å². The lowest BCUT2D eigenvalue weighted by atomic mass is 10.2. The first-order valence-electron chi connectivity index (χ1n) is 3.99.